The molecule has 0 fully saturated rings. The molecule has 0 bridgehead atoms. The summed E-state index contributed by atoms with van der Waals surface area (Å²) in [6.45, 7) is 4.09. The van der Waals surface area contributed by atoms with Crippen molar-refractivity contribution in [1.82, 2.24) is 10.2 Å². The largest absolute Gasteiger partial charge is 0.480 e. The van der Waals surface area contributed by atoms with Gasteiger partial charge in [0.05, 0.1) is 0 Å². The number of para-hydroxylation sites is 1. The first kappa shape index (κ1) is 21.1. The third kappa shape index (κ3) is 6.51. The Bertz CT molecular complexity index is 823. The van der Waals surface area contributed by atoms with Crippen LogP contribution in [0.3, 0.4) is 0 Å². The molecule has 2 rings (SSSR count). The first-order chi connectivity index (χ1) is 13.4. The summed E-state index contributed by atoms with van der Waals surface area (Å²) in [6, 6.07) is 15.5. The number of amides is 2. The molecule has 0 radical (unpaired) electrons. The van der Waals surface area contributed by atoms with Crippen molar-refractivity contribution < 1.29 is 19.5 Å². The zero-order valence-electron chi connectivity index (χ0n) is 16.0. The van der Waals surface area contributed by atoms with E-state index >= 15 is 0 Å². The lowest BCUT2D eigenvalue weighted by Gasteiger charge is -2.26. The predicted molar refractivity (Wildman–Crippen MR) is 107 cm³/mol. The zero-order valence-corrected chi connectivity index (χ0v) is 16.0. The molecule has 148 valence electrons. The van der Waals surface area contributed by atoms with Gasteiger partial charge in [0.15, 0.2) is 0 Å². The average Bonchev–Trinajstić information content (AvgIpc) is 2.67. The normalized spacial score (nSPS) is 11.7. The van der Waals surface area contributed by atoms with E-state index in [-0.39, 0.29) is 11.8 Å². The topological polar surface area (TPSA) is 98.7 Å². The van der Waals surface area contributed by atoms with E-state index in [2.05, 4.69) is 10.6 Å². The molecule has 1 atom stereocenters. The fraction of sp³-hybridized carbons (Fsp3) is 0.286. The van der Waals surface area contributed by atoms with Gasteiger partial charge in [0, 0.05) is 37.8 Å². The highest BCUT2D eigenvalue weighted by Crippen LogP contribution is 2.13. The van der Waals surface area contributed by atoms with Crippen LogP contribution in [-0.4, -0.2) is 46.9 Å². The maximum Gasteiger partial charge on any atom is 0.320 e. The first-order valence-electron chi connectivity index (χ1n) is 9.03. The van der Waals surface area contributed by atoms with Crippen molar-refractivity contribution in [2.24, 2.45) is 0 Å². The second-order valence-corrected chi connectivity index (χ2v) is 6.49. The van der Waals surface area contributed by atoms with Gasteiger partial charge in [0.1, 0.15) is 6.04 Å². The number of hydrogen-bond donors (Lipinski definition) is 3. The summed E-state index contributed by atoms with van der Waals surface area (Å²) in [4.78, 5) is 36.7. The molecule has 0 saturated heterocycles. The van der Waals surface area contributed by atoms with Crippen LogP contribution in [0.4, 0.5) is 5.69 Å². The van der Waals surface area contributed by atoms with Gasteiger partial charge in [-0.3, -0.25) is 19.3 Å². The molecule has 0 spiro atoms. The predicted octanol–water partition coefficient (Wildman–Crippen LogP) is 2.35. The first-order valence-corrected chi connectivity index (χ1v) is 9.03. The molecule has 0 aliphatic rings. The van der Waals surface area contributed by atoms with E-state index in [1.165, 1.54) is 6.92 Å². The Kier molecular flexibility index (Phi) is 7.71. The van der Waals surface area contributed by atoms with E-state index in [9.17, 15) is 19.5 Å². The van der Waals surface area contributed by atoms with Gasteiger partial charge in [-0.25, -0.2) is 0 Å². The average molecular weight is 383 g/mol. The number of carboxylic acids is 1. The van der Waals surface area contributed by atoms with Gasteiger partial charge >= 0.3 is 5.97 Å². The number of nitrogens with one attached hydrogen (secondary N) is 2. The van der Waals surface area contributed by atoms with Gasteiger partial charge in [-0.2, -0.15) is 0 Å². The summed E-state index contributed by atoms with van der Waals surface area (Å²) in [5.41, 5.74) is 2.01. The molecule has 3 N–H and O–H groups in total. The van der Waals surface area contributed by atoms with E-state index in [0.29, 0.717) is 30.9 Å². The van der Waals surface area contributed by atoms with Crippen molar-refractivity contribution in [2.45, 2.75) is 26.4 Å². The highest BCUT2D eigenvalue weighted by Gasteiger charge is 2.21. The third-order valence-corrected chi connectivity index (χ3v) is 4.28. The lowest BCUT2D eigenvalue weighted by Crippen LogP contribution is -2.42. The van der Waals surface area contributed by atoms with Crippen LogP contribution in [0.25, 0.3) is 0 Å². The number of anilines is 1. The van der Waals surface area contributed by atoms with Crippen LogP contribution in [0.1, 0.15) is 29.8 Å². The van der Waals surface area contributed by atoms with Crippen LogP contribution >= 0.6 is 0 Å². The third-order valence-electron chi connectivity index (χ3n) is 4.28. The molecule has 2 aromatic carbocycles. The molecule has 28 heavy (non-hydrogen) atoms. The molecule has 2 amide bonds. The summed E-state index contributed by atoms with van der Waals surface area (Å²) in [7, 11) is 0. The van der Waals surface area contributed by atoms with E-state index in [4.69, 9.17) is 0 Å². The number of carbonyl (C=O) groups excluding carboxylic acids is 2. The molecule has 0 aromatic heterocycles. The van der Waals surface area contributed by atoms with Gasteiger partial charge in [-0.05, 0) is 36.8 Å². The monoisotopic (exact) mass is 383 g/mol. The van der Waals surface area contributed by atoms with Crippen molar-refractivity contribution in [3.05, 3.63) is 65.7 Å². The Morgan fingerprint density at radius 3 is 2.43 bits per heavy atom. The summed E-state index contributed by atoms with van der Waals surface area (Å²) in [6.07, 6.45) is 0. The van der Waals surface area contributed by atoms with Crippen LogP contribution in [0.15, 0.2) is 54.6 Å². The lowest BCUT2D eigenvalue weighted by atomic mass is 10.1. The Morgan fingerprint density at radius 1 is 1.07 bits per heavy atom. The number of aliphatic carboxylic acids is 1. The molecule has 7 nitrogen and oxygen atoms in total. The maximum atomic E-state index is 12.5. The fourth-order valence-corrected chi connectivity index (χ4v) is 2.71. The van der Waals surface area contributed by atoms with Gasteiger partial charge in [0.25, 0.3) is 5.91 Å². The Balaban J connectivity index is 2.09. The lowest BCUT2D eigenvalue weighted by molar-refractivity contribution is -0.142. The number of rotatable bonds is 9. The van der Waals surface area contributed by atoms with Gasteiger partial charge in [-0.1, -0.05) is 30.3 Å². The minimum atomic E-state index is -0.944. The quantitative estimate of drug-likeness (QED) is 0.617. The number of hydrogen-bond acceptors (Lipinski definition) is 4. The van der Waals surface area contributed by atoms with Crippen molar-refractivity contribution in [3.8, 4) is 0 Å². The second kappa shape index (κ2) is 10.2. The van der Waals surface area contributed by atoms with Gasteiger partial charge < -0.3 is 15.7 Å². The molecule has 2 aromatic rings. The maximum absolute atomic E-state index is 12.5. The SMILES string of the molecule is CC(=O)NCCN(Cc1cccc(C(=O)Nc2ccccc2)c1)C(C)C(=O)O. The standard InChI is InChI=1S/C21H25N3O4/c1-15(21(27)28)24(12-11-22-16(2)25)14-17-7-6-8-18(13-17)20(26)23-19-9-4-3-5-10-19/h3-10,13,15H,11-12,14H2,1-2H3,(H,22,25)(H,23,26)(H,27,28). The zero-order chi connectivity index (χ0) is 20.5. The van der Waals surface area contributed by atoms with Crippen LogP contribution in [0, 0.1) is 0 Å². The van der Waals surface area contributed by atoms with Crippen LogP contribution in [0.5, 0.6) is 0 Å². The van der Waals surface area contributed by atoms with Crippen LogP contribution in [0.2, 0.25) is 0 Å². The summed E-state index contributed by atoms with van der Waals surface area (Å²) in [5.74, 6) is -1.34. The molecule has 0 heterocycles. The minimum Gasteiger partial charge on any atom is -0.480 e. The van der Waals surface area contributed by atoms with E-state index < -0.39 is 12.0 Å². The fourth-order valence-electron chi connectivity index (χ4n) is 2.71. The molecule has 7 heteroatoms. The van der Waals surface area contributed by atoms with Gasteiger partial charge in [-0.15, -0.1) is 0 Å². The number of carboxylic acid groups (broad SMARTS) is 1. The Hall–Kier alpha value is -3.19. The Labute approximate surface area is 164 Å². The van der Waals surface area contributed by atoms with Crippen LogP contribution < -0.4 is 10.6 Å². The Morgan fingerprint density at radius 2 is 1.79 bits per heavy atom. The molecule has 0 aliphatic carbocycles. The van der Waals surface area contributed by atoms with Crippen LogP contribution in [-0.2, 0) is 16.1 Å². The number of carbonyl (C=O) groups is 3. The molecule has 0 aliphatic heterocycles. The second-order valence-electron chi connectivity index (χ2n) is 6.49. The molecule has 1 unspecified atom stereocenters. The van der Waals surface area contributed by atoms with E-state index in [1.807, 2.05) is 24.3 Å². The molecular formula is C21H25N3O4. The van der Waals surface area contributed by atoms with Crippen molar-refractivity contribution in [2.75, 3.05) is 18.4 Å². The van der Waals surface area contributed by atoms with E-state index in [0.717, 1.165) is 5.56 Å². The highest BCUT2D eigenvalue weighted by atomic mass is 16.4. The van der Waals surface area contributed by atoms with Crippen molar-refractivity contribution in [3.63, 3.8) is 0 Å². The van der Waals surface area contributed by atoms with E-state index in [1.54, 1.807) is 42.2 Å². The number of nitrogens with zero attached hydrogens (tertiary/aromatic N) is 1. The van der Waals surface area contributed by atoms with Gasteiger partial charge in [0.2, 0.25) is 5.91 Å². The smallest absolute Gasteiger partial charge is 0.320 e. The molecular weight excluding hydrogens is 358 g/mol. The van der Waals surface area contributed by atoms with Crippen molar-refractivity contribution in [1.29, 1.82) is 0 Å². The number of benzene rings is 2. The summed E-state index contributed by atoms with van der Waals surface area (Å²) < 4.78 is 0. The summed E-state index contributed by atoms with van der Waals surface area (Å²) in [5, 5.41) is 14.9. The van der Waals surface area contributed by atoms with Crippen molar-refractivity contribution >= 4 is 23.5 Å². The molecule has 0 saturated carbocycles. The summed E-state index contributed by atoms with van der Waals surface area (Å²) >= 11 is 0. The minimum absolute atomic E-state index is 0.164. The highest BCUT2D eigenvalue weighted by molar-refractivity contribution is 6.04.